The molecule has 0 radical (unpaired) electrons. The summed E-state index contributed by atoms with van der Waals surface area (Å²) >= 11 is 0. The van der Waals surface area contributed by atoms with Gasteiger partial charge in [0.15, 0.2) is 0 Å². The topological polar surface area (TPSA) is 65.1 Å². The van der Waals surface area contributed by atoms with E-state index in [0.29, 0.717) is 11.2 Å². The molecule has 1 atom stereocenters. The van der Waals surface area contributed by atoms with Gasteiger partial charge in [0.2, 0.25) is 0 Å². The number of amides is 1. The zero-order chi connectivity index (χ0) is 15.2. The molecule has 0 saturated heterocycles. The number of hydrogen-bond acceptors (Lipinski definition) is 2. The average Bonchev–Trinajstić information content (AvgIpc) is 3.12. The molecule has 1 aliphatic rings. The van der Waals surface area contributed by atoms with Crippen molar-refractivity contribution in [3.8, 4) is 0 Å². The minimum atomic E-state index is -0.524. The zero-order valence-corrected chi connectivity index (χ0v) is 12.2. The normalized spacial score (nSPS) is 17.7. The fourth-order valence-electron chi connectivity index (χ4n) is 2.59. The monoisotopic (exact) mass is 290 g/mol. The van der Waals surface area contributed by atoms with Crippen LogP contribution in [-0.4, -0.2) is 28.6 Å². The lowest BCUT2D eigenvalue weighted by atomic mass is 10.0. The minimum absolute atomic E-state index is 0.0497. The summed E-state index contributed by atoms with van der Waals surface area (Å²) in [4.78, 5) is 15.2. The first-order valence-electron chi connectivity index (χ1n) is 7.15. The summed E-state index contributed by atoms with van der Waals surface area (Å²) in [5, 5.41) is 13.6. The highest BCUT2D eigenvalue weighted by Gasteiger charge is 2.44. The molecule has 4 nitrogen and oxygen atoms in total. The van der Waals surface area contributed by atoms with E-state index in [0.717, 1.165) is 23.8 Å². The van der Waals surface area contributed by atoms with Crippen LogP contribution in [0.1, 0.15) is 35.8 Å². The number of H-pyrrole nitrogens is 1. The standard InChI is InChI=1S/C16H19FN2O2/c1-9-11-4-3-10(17)7-12(11)19-14(9)15(21)18-8-13(20)16(2)5-6-16/h3-4,7,13,19-20H,5-6,8H2,1-2H3,(H,18,21). The van der Waals surface area contributed by atoms with E-state index in [-0.39, 0.29) is 23.7 Å². The molecule has 1 saturated carbocycles. The zero-order valence-electron chi connectivity index (χ0n) is 12.2. The average molecular weight is 290 g/mol. The Kier molecular flexibility index (Phi) is 3.24. The highest BCUT2D eigenvalue weighted by molar-refractivity contribution is 6.00. The quantitative estimate of drug-likeness (QED) is 0.810. The third-order valence-electron chi connectivity index (χ3n) is 4.55. The lowest BCUT2D eigenvalue weighted by Crippen LogP contribution is -2.36. The van der Waals surface area contributed by atoms with Crippen LogP contribution in [0, 0.1) is 18.2 Å². The molecule has 3 N–H and O–H groups in total. The lowest BCUT2D eigenvalue weighted by Gasteiger charge is -2.17. The molecule has 3 rings (SSSR count). The molecular formula is C16H19FN2O2. The van der Waals surface area contributed by atoms with Crippen molar-refractivity contribution in [3.63, 3.8) is 0 Å². The predicted molar refractivity (Wildman–Crippen MR) is 78.7 cm³/mol. The smallest absolute Gasteiger partial charge is 0.268 e. The second-order valence-corrected chi connectivity index (χ2v) is 6.19. The molecule has 5 heteroatoms. The van der Waals surface area contributed by atoms with Crippen LogP contribution in [0.25, 0.3) is 10.9 Å². The molecule has 1 amide bonds. The molecule has 0 bridgehead atoms. The molecule has 1 aromatic carbocycles. The Balaban J connectivity index is 1.76. The van der Waals surface area contributed by atoms with Crippen molar-refractivity contribution >= 4 is 16.8 Å². The molecule has 21 heavy (non-hydrogen) atoms. The van der Waals surface area contributed by atoms with E-state index in [2.05, 4.69) is 10.3 Å². The van der Waals surface area contributed by atoms with Crippen molar-refractivity contribution in [2.45, 2.75) is 32.8 Å². The van der Waals surface area contributed by atoms with Crippen LogP contribution in [0.2, 0.25) is 0 Å². The van der Waals surface area contributed by atoms with Gasteiger partial charge in [0, 0.05) is 17.4 Å². The van der Waals surface area contributed by atoms with E-state index in [9.17, 15) is 14.3 Å². The molecule has 1 unspecified atom stereocenters. The number of halogens is 1. The van der Waals surface area contributed by atoms with Gasteiger partial charge in [-0.25, -0.2) is 4.39 Å². The fraction of sp³-hybridized carbons (Fsp3) is 0.438. The van der Waals surface area contributed by atoms with E-state index < -0.39 is 6.10 Å². The molecule has 1 aromatic heterocycles. The Morgan fingerprint density at radius 1 is 1.52 bits per heavy atom. The summed E-state index contributed by atoms with van der Waals surface area (Å²) < 4.78 is 13.2. The summed E-state index contributed by atoms with van der Waals surface area (Å²) in [5.74, 6) is -0.611. The van der Waals surface area contributed by atoms with E-state index >= 15 is 0 Å². The third kappa shape index (κ3) is 2.53. The Hall–Kier alpha value is -1.88. The molecule has 112 valence electrons. The van der Waals surface area contributed by atoms with Crippen molar-refractivity contribution in [2.24, 2.45) is 5.41 Å². The fourth-order valence-corrected chi connectivity index (χ4v) is 2.59. The van der Waals surface area contributed by atoms with Crippen molar-refractivity contribution in [2.75, 3.05) is 6.54 Å². The Morgan fingerprint density at radius 3 is 2.90 bits per heavy atom. The lowest BCUT2D eigenvalue weighted by molar-refractivity contribution is 0.0813. The maximum Gasteiger partial charge on any atom is 0.268 e. The van der Waals surface area contributed by atoms with E-state index in [1.165, 1.54) is 12.1 Å². The van der Waals surface area contributed by atoms with Crippen molar-refractivity contribution < 1.29 is 14.3 Å². The Bertz CT molecular complexity index is 704. The van der Waals surface area contributed by atoms with Crippen LogP contribution in [0.5, 0.6) is 0 Å². The highest BCUT2D eigenvalue weighted by Crippen LogP contribution is 2.47. The van der Waals surface area contributed by atoms with Gasteiger partial charge in [0.1, 0.15) is 11.5 Å². The van der Waals surface area contributed by atoms with Crippen LogP contribution in [0.15, 0.2) is 18.2 Å². The number of aliphatic hydroxyl groups excluding tert-OH is 1. The molecular weight excluding hydrogens is 271 g/mol. The first-order chi connectivity index (χ1) is 9.90. The van der Waals surface area contributed by atoms with Gasteiger partial charge >= 0.3 is 0 Å². The van der Waals surface area contributed by atoms with E-state index in [1.807, 2.05) is 13.8 Å². The van der Waals surface area contributed by atoms with Crippen LogP contribution >= 0.6 is 0 Å². The number of nitrogens with one attached hydrogen (secondary N) is 2. The second-order valence-electron chi connectivity index (χ2n) is 6.19. The first-order valence-corrected chi connectivity index (χ1v) is 7.15. The highest BCUT2D eigenvalue weighted by atomic mass is 19.1. The number of carbonyl (C=O) groups excluding carboxylic acids is 1. The maximum atomic E-state index is 13.2. The summed E-state index contributed by atoms with van der Waals surface area (Å²) in [5.41, 5.74) is 1.76. The SMILES string of the molecule is Cc1c(C(=O)NCC(O)C2(C)CC2)[nH]c2cc(F)ccc12. The van der Waals surface area contributed by atoms with Gasteiger partial charge < -0.3 is 15.4 Å². The number of aromatic amines is 1. The largest absolute Gasteiger partial charge is 0.391 e. The van der Waals surface area contributed by atoms with Gasteiger partial charge in [-0.15, -0.1) is 0 Å². The van der Waals surface area contributed by atoms with Crippen LogP contribution in [-0.2, 0) is 0 Å². The molecule has 1 fully saturated rings. The number of rotatable bonds is 4. The molecule has 0 spiro atoms. The Morgan fingerprint density at radius 2 is 2.24 bits per heavy atom. The van der Waals surface area contributed by atoms with Crippen molar-refractivity contribution in [1.29, 1.82) is 0 Å². The number of aromatic nitrogens is 1. The number of aryl methyl sites for hydroxylation is 1. The minimum Gasteiger partial charge on any atom is -0.391 e. The number of fused-ring (bicyclic) bond motifs is 1. The predicted octanol–water partition coefficient (Wildman–Crippen LogP) is 2.51. The van der Waals surface area contributed by atoms with E-state index in [1.54, 1.807) is 6.07 Å². The molecule has 0 aliphatic heterocycles. The van der Waals surface area contributed by atoms with Gasteiger partial charge in [0.25, 0.3) is 5.91 Å². The Labute approximate surface area is 122 Å². The number of hydrogen-bond donors (Lipinski definition) is 3. The first kappa shape index (κ1) is 14.1. The van der Waals surface area contributed by atoms with Gasteiger partial charge in [0.05, 0.1) is 6.10 Å². The summed E-state index contributed by atoms with van der Waals surface area (Å²) in [6.07, 6.45) is 1.47. The molecule has 2 aromatic rings. The maximum absolute atomic E-state index is 13.2. The molecule has 1 aliphatic carbocycles. The number of carbonyl (C=O) groups is 1. The van der Waals surface area contributed by atoms with Gasteiger partial charge in [-0.1, -0.05) is 6.92 Å². The number of benzene rings is 1. The van der Waals surface area contributed by atoms with Crippen LogP contribution < -0.4 is 5.32 Å². The summed E-state index contributed by atoms with van der Waals surface area (Å²) in [6.45, 7) is 4.07. The summed E-state index contributed by atoms with van der Waals surface area (Å²) in [6, 6.07) is 4.41. The van der Waals surface area contributed by atoms with E-state index in [4.69, 9.17) is 0 Å². The third-order valence-corrected chi connectivity index (χ3v) is 4.55. The number of aliphatic hydroxyl groups is 1. The van der Waals surface area contributed by atoms with Gasteiger partial charge in [-0.3, -0.25) is 4.79 Å². The van der Waals surface area contributed by atoms with Crippen LogP contribution in [0.3, 0.4) is 0 Å². The summed E-state index contributed by atoms with van der Waals surface area (Å²) in [7, 11) is 0. The van der Waals surface area contributed by atoms with Gasteiger partial charge in [-0.05, 0) is 48.9 Å². The molecule has 1 heterocycles. The second kappa shape index (κ2) is 4.84. The van der Waals surface area contributed by atoms with Gasteiger partial charge in [-0.2, -0.15) is 0 Å². The van der Waals surface area contributed by atoms with Crippen LogP contribution in [0.4, 0.5) is 4.39 Å². The van der Waals surface area contributed by atoms with Crippen molar-refractivity contribution in [1.82, 2.24) is 10.3 Å². The van der Waals surface area contributed by atoms with Crippen molar-refractivity contribution in [3.05, 3.63) is 35.3 Å².